The number of halogens is 1. The van der Waals surface area contributed by atoms with Crippen LogP contribution in [0, 0.1) is 6.92 Å². The van der Waals surface area contributed by atoms with E-state index in [2.05, 4.69) is 5.32 Å². The largest absolute Gasteiger partial charge is 0.459 e. The maximum atomic E-state index is 13.0. The van der Waals surface area contributed by atoms with E-state index in [4.69, 9.17) is 21.1 Å². The second kappa shape index (κ2) is 9.38. The minimum Gasteiger partial charge on any atom is -0.459 e. The van der Waals surface area contributed by atoms with Crippen molar-refractivity contribution in [3.8, 4) is 0 Å². The van der Waals surface area contributed by atoms with Crippen molar-refractivity contribution >= 4 is 67.2 Å². The summed E-state index contributed by atoms with van der Waals surface area (Å²) in [6.45, 7) is 8.56. The minimum absolute atomic E-state index is 0.139. The van der Waals surface area contributed by atoms with Crippen molar-refractivity contribution in [2.75, 3.05) is 5.32 Å². The van der Waals surface area contributed by atoms with E-state index in [0.29, 0.717) is 15.5 Å². The molecule has 2 heterocycles. The molecule has 0 saturated carbocycles. The molecule has 0 spiro atoms. The fourth-order valence-corrected chi connectivity index (χ4v) is 5.39. The molecule has 3 rings (SSSR count). The molecule has 0 saturated heterocycles. The molecule has 0 bridgehead atoms. The predicted octanol–water partition coefficient (Wildman–Crippen LogP) is 6.31. The third-order valence-electron chi connectivity index (χ3n) is 4.19. The smallest absolute Gasteiger partial charge is 0.348 e. The molecular formula is C22H22ClNO5S2. The summed E-state index contributed by atoms with van der Waals surface area (Å²) in [5.74, 6) is -1.64. The zero-order valence-corrected chi connectivity index (χ0v) is 20.1. The molecule has 3 aromatic rings. The van der Waals surface area contributed by atoms with E-state index >= 15 is 0 Å². The summed E-state index contributed by atoms with van der Waals surface area (Å²) in [6, 6.07) is 7.43. The van der Waals surface area contributed by atoms with Crippen LogP contribution >= 0.6 is 34.3 Å². The lowest BCUT2D eigenvalue weighted by molar-refractivity contribution is 0.0378. The Morgan fingerprint density at radius 3 is 2.16 bits per heavy atom. The standard InChI is InChI=1S/C22H22ClNO5S2/c1-10(2)28-21(26)15-12(5)17(22(27)29-11(3)4)31-20(15)24-19(25)18-16(23)13-8-6-7-9-14(13)30-18/h6-11H,1-5H3,(H,24,25). The minimum atomic E-state index is -0.620. The molecule has 0 atom stereocenters. The van der Waals surface area contributed by atoms with E-state index in [-0.39, 0.29) is 27.6 Å². The normalized spacial score (nSPS) is 11.2. The summed E-state index contributed by atoms with van der Waals surface area (Å²) in [5, 5.41) is 4.09. The van der Waals surface area contributed by atoms with Gasteiger partial charge < -0.3 is 14.8 Å². The van der Waals surface area contributed by atoms with Crippen LogP contribution in [0.3, 0.4) is 0 Å². The highest BCUT2D eigenvalue weighted by atomic mass is 35.5. The Morgan fingerprint density at radius 1 is 0.935 bits per heavy atom. The van der Waals surface area contributed by atoms with Crippen LogP contribution in [-0.2, 0) is 9.47 Å². The van der Waals surface area contributed by atoms with Crippen molar-refractivity contribution < 1.29 is 23.9 Å². The van der Waals surface area contributed by atoms with Gasteiger partial charge in [-0.1, -0.05) is 29.8 Å². The maximum absolute atomic E-state index is 13.0. The molecule has 9 heteroatoms. The number of rotatable bonds is 6. The first-order chi connectivity index (χ1) is 14.6. The first-order valence-electron chi connectivity index (χ1n) is 9.63. The summed E-state index contributed by atoms with van der Waals surface area (Å²) in [5.41, 5.74) is 0.541. The first-order valence-corrected chi connectivity index (χ1v) is 11.6. The molecular weight excluding hydrogens is 458 g/mol. The second-order valence-electron chi connectivity index (χ2n) is 7.36. The van der Waals surface area contributed by atoms with Gasteiger partial charge in [0.15, 0.2) is 0 Å². The van der Waals surface area contributed by atoms with Gasteiger partial charge in [-0.2, -0.15) is 0 Å². The number of hydrogen-bond donors (Lipinski definition) is 1. The lowest BCUT2D eigenvalue weighted by atomic mass is 10.1. The third kappa shape index (κ3) is 4.92. The van der Waals surface area contributed by atoms with Gasteiger partial charge in [-0.15, -0.1) is 22.7 Å². The van der Waals surface area contributed by atoms with Crippen LogP contribution in [0.25, 0.3) is 10.1 Å². The molecule has 164 valence electrons. The van der Waals surface area contributed by atoms with Crippen LogP contribution in [0.1, 0.15) is 63.0 Å². The topological polar surface area (TPSA) is 81.7 Å². The fraction of sp³-hybridized carbons (Fsp3) is 0.318. The molecule has 0 fully saturated rings. The van der Waals surface area contributed by atoms with Gasteiger partial charge in [0.05, 0.1) is 22.8 Å². The number of anilines is 1. The van der Waals surface area contributed by atoms with Gasteiger partial charge in [0.2, 0.25) is 0 Å². The molecule has 0 aliphatic heterocycles. The lowest BCUT2D eigenvalue weighted by Crippen LogP contribution is -2.17. The molecule has 6 nitrogen and oxygen atoms in total. The van der Waals surface area contributed by atoms with Crippen LogP contribution in [-0.4, -0.2) is 30.1 Å². The highest BCUT2D eigenvalue weighted by Gasteiger charge is 2.29. The third-order valence-corrected chi connectivity index (χ3v) is 7.05. The zero-order valence-electron chi connectivity index (χ0n) is 17.7. The Bertz CT molecular complexity index is 1160. The number of benzene rings is 1. The number of amides is 1. The van der Waals surface area contributed by atoms with Crippen molar-refractivity contribution in [2.24, 2.45) is 0 Å². The van der Waals surface area contributed by atoms with Crippen LogP contribution in [0.4, 0.5) is 5.00 Å². The molecule has 0 radical (unpaired) electrons. The number of ether oxygens (including phenoxy) is 2. The lowest BCUT2D eigenvalue weighted by Gasteiger charge is -2.10. The van der Waals surface area contributed by atoms with Gasteiger partial charge in [-0.3, -0.25) is 4.79 Å². The van der Waals surface area contributed by atoms with Gasteiger partial charge in [0, 0.05) is 10.1 Å². The van der Waals surface area contributed by atoms with E-state index in [1.807, 2.05) is 24.3 Å². The van der Waals surface area contributed by atoms with Crippen molar-refractivity contribution in [3.63, 3.8) is 0 Å². The van der Waals surface area contributed by atoms with Gasteiger partial charge >= 0.3 is 11.9 Å². The van der Waals surface area contributed by atoms with E-state index in [9.17, 15) is 14.4 Å². The van der Waals surface area contributed by atoms with Crippen LogP contribution in [0.5, 0.6) is 0 Å². The number of hydrogen-bond acceptors (Lipinski definition) is 7. The highest BCUT2D eigenvalue weighted by molar-refractivity contribution is 7.22. The SMILES string of the molecule is Cc1c(C(=O)OC(C)C)sc(NC(=O)c2sc3ccccc3c2Cl)c1C(=O)OC(C)C. The number of thiophene rings is 2. The molecule has 0 unspecified atom stereocenters. The number of fused-ring (bicyclic) bond motifs is 1. The van der Waals surface area contributed by atoms with Crippen LogP contribution < -0.4 is 5.32 Å². The molecule has 1 aromatic carbocycles. The molecule has 31 heavy (non-hydrogen) atoms. The number of esters is 2. The first kappa shape index (κ1) is 23.2. The predicted molar refractivity (Wildman–Crippen MR) is 125 cm³/mol. The van der Waals surface area contributed by atoms with Crippen molar-refractivity contribution in [1.82, 2.24) is 0 Å². The average molecular weight is 480 g/mol. The molecule has 0 aliphatic carbocycles. The number of carbonyl (C=O) groups excluding carboxylic acids is 3. The van der Waals surface area contributed by atoms with Gasteiger partial charge in [-0.25, -0.2) is 9.59 Å². The fourth-order valence-electron chi connectivity index (χ4n) is 2.90. The quantitative estimate of drug-likeness (QED) is 0.419. The average Bonchev–Trinajstić information content (AvgIpc) is 3.18. The Kier molecular flexibility index (Phi) is 7.03. The van der Waals surface area contributed by atoms with Crippen molar-refractivity contribution in [3.05, 3.63) is 50.2 Å². The summed E-state index contributed by atoms with van der Waals surface area (Å²) >= 11 is 8.66. The van der Waals surface area contributed by atoms with Gasteiger partial charge in [-0.05, 0) is 46.2 Å². The maximum Gasteiger partial charge on any atom is 0.348 e. The number of nitrogens with one attached hydrogen (secondary N) is 1. The molecule has 2 aromatic heterocycles. The van der Waals surface area contributed by atoms with E-state index in [0.717, 1.165) is 21.4 Å². The van der Waals surface area contributed by atoms with Crippen LogP contribution in [0.2, 0.25) is 5.02 Å². The number of carbonyl (C=O) groups is 3. The molecule has 1 amide bonds. The summed E-state index contributed by atoms with van der Waals surface area (Å²) in [7, 11) is 0. The Labute approximate surface area is 193 Å². The zero-order chi connectivity index (χ0) is 22.9. The Balaban J connectivity index is 2.01. The second-order valence-corrected chi connectivity index (χ2v) is 9.81. The summed E-state index contributed by atoms with van der Waals surface area (Å²) in [4.78, 5) is 38.8. The van der Waals surface area contributed by atoms with E-state index in [1.165, 1.54) is 11.3 Å². The van der Waals surface area contributed by atoms with Crippen molar-refractivity contribution in [1.29, 1.82) is 0 Å². The summed E-state index contributed by atoms with van der Waals surface area (Å²) in [6.07, 6.45) is -0.686. The monoisotopic (exact) mass is 479 g/mol. The molecule has 1 N–H and O–H groups in total. The van der Waals surface area contributed by atoms with Gasteiger partial charge in [0.25, 0.3) is 5.91 Å². The molecule has 0 aliphatic rings. The van der Waals surface area contributed by atoms with Crippen LogP contribution in [0.15, 0.2) is 24.3 Å². The van der Waals surface area contributed by atoms with Gasteiger partial charge in [0.1, 0.15) is 14.8 Å². The Hall–Kier alpha value is -2.42. The summed E-state index contributed by atoms with van der Waals surface area (Å²) < 4.78 is 11.5. The van der Waals surface area contributed by atoms with E-state index in [1.54, 1.807) is 34.6 Å². The van der Waals surface area contributed by atoms with Crippen molar-refractivity contribution in [2.45, 2.75) is 46.8 Å². The van der Waals surface area contributed by atoms with E-state index < -0.39 is 17.8 Å². The highest BCUT2D eigenvalue weighted by Crippen LogP contribution is 2.38. The Morgan fingerprint density at radius 2 is 1.55 bits per heavy atom.